The fraction of sp³-hybridized carbons (Fsp3) is 0.267. The van der Waals surface area contributed by atoms with Crippen LogP contribution in [0.3, 0.4) is 0 Å². The number of hydrogen-bond donors (Lipinski definition) is 0. The van der Waals surface area contributed by atoms with E-state index in [1.807, 2.05) is 12.1 Å². The number of likely N-dealkylation sites (tertiary alicyclic amines) is 1. The number of aromatic nitrogens is 5. The lowest BCUT2D eigenvalue weighted by Gasteiger charge is -2.14. The number of carbonyl (C=O) groups is 1. The van der Waals surface area contributed by atoms with Gasteiger partial charge in [0.1, 0.15) is 0 Å². The summed E-state index contributed by atoms with van der Waals surface area (Å²) < 4.78 is 5.26. The standard InChI is InChI=1S/C15H14N6O2/c22-15(20-7-3-12(10-20)21-17-5-6-18-21)13-8-14(23-19-13)11-2-1-4-16-9-11/h1-2,4-6,8-9,12H,3,7,10H2. The maximum atomic E-state index is 12.5. The molecule has 8 nitrogen and oxygen atoms in total. The highest BCUT2D eigenvalue weighted by Crippen LogP contribution is 2.23. The van der Waals surface area contributed by atoms with Gasteiger partial charge in [-0.3, -0.25) is 9.78 Å². The first-order valence-electron chi connectivity index (χ1n) is 7.33. The highest BCUT2D eigenvalue weighted by Gasteiger charge is 2.30. The third-order valence-electron chi connectivity index (χ3n) is 3.89. The Bertz CT molecular complexity index is 799. The molecule has 8 heteroatoms. The Morgan fingerprint density at radius 1 is 1.26 bits per heavy atom. The largest absolute Gasteiger partial charge is 0.355 e. The van der Waals surface area contributed by atoms with Crippen LogP contribution in [0.2, 0.25) is 0 Å². The van der Waals surface area contributed by atoms with Gasteiger partial charge < -0.3 is 9.42 Å². The van der Waals surface area contributed by atoms with Gasteiger partial charge in [-0.15, -0.1) is 0 Å². The molecule has 1 fully saturated rings. The first-order chi connectivity index (χ1) is 11.3. The topological polar surface area (TPSA) is 89.9 Å². The fourth-order valence-electron chi connectivity index (χ4n) is 2.71. The molecule has 4 rings (SSSR count). The maximum absolute atomic E-state index is 12.5. The SMILES string of the molecule is O=C(c1cc(-c2cccnc2)on1)N1CCC(n2nccn2)C1. The highest BCUT2D eigenvalue weighted by molar-refractivity contribution is 5.93. The molecule has 0 saturated carbocycles. The summed E-state index contributed by atoms with van der Waals surface area (Å²) in [5.74, 6) is 0.393. The van der Waals surface area contributed by atoms with Crippen LogP contribution in [0.5, 0.6) is 0 Å². The minimum absolute atomic E-state index is 0.110. The molecule has 3 aromatic rings. The number of rotatable bonds is 3. The van der Waals surface area contributed by atoms with Crippen molar-refractivity contribution in [1.29, 1.82) is 0 Å². The van der Waals surface area contributed by atoms with E-state index < -0.39 is 0 Å². The van der Waals surface area contributed by atoms with Crippen molar-refractivity contribution in [3.8, 4) is 11.3 Å². The molecule has 116 valence electrons. The van der Waals surface area contributed by atoms with E-state index in [0.717, 1.165) is 12.0 Å². The van der Waals surface area contributed by atoms with Gasteiger partial charge in [-0.2, -0.15) is 15.0 Å². The summed E-state index contributed by atoms with van der Waals surface area (Å²) in [6.07, 6.45) is 7.46. The average molecular weight is 310 g/mol. The molecular formula is C15H14N6O2. The van der Waals surface area contributed by atoms with Crippen molar-refractivity contribution in [2.24, 2.45) is 0 Å². The summed E-state index contributed by atoms with van der Waals surface area (Å²) in [5, 5.41) is 12.2. The molecule has 1 amide bonds. The second-order valence-corrected chi connectivity index (χ2v) is 5.36. The van der Waals surface area contributed by atoms with Gasteiger partial charge in [0.05, 0.1) is 18.4 Å². The second-order valence-electron chi connectivity index (χ2n) is 5.36. The molecule has 23 heavy (non-hydrogen) atoms. The predicted molar refractivity (Wildman–Crippen MR) is 79.3 cm³/mol. The first kappa shape index (κ1) is 13.6. The second kappa shape index (κ2) is 5.64. The molecule has 1 atom stereocenters. The van der Waals surface area contributed by atoms with Gasteiger partial charge >= 0.3 is 0 Å². The number of carbonyl (C=O) groups excluding carboxylic acids is 1. The molecule has 0 aliphatic carbocycles. The van der Waals surface area contributed by atoms with E-state index in [9.17, 15) is 4.79 Å². The van der Waals surface area contributed by atoms with Crippen LogP contribution >= 0.6 is 0 Å². The maximum Gasteiger partial charge on any atom is 0.276 e. The molecule has 1 unspecified atom stereocenters. The third kappa shape index (κ3) is 2.59. The van der Waals surface area contributed by atoms with Gasteiger partial charge in [0.2, 0.25) is 0 Å². The van der Waals surface area contributed by atoms with E-state index in [0.29, 0.717) is 24.5 Å². The zero-order valence-electron chi connectivity index (χ0n) is 12.2. The van der Waals surface area contributed by atoms with Crippen molar-refractivity contribution in [3.63, 3.8) is 0 Å². The van der Waals surface area contributed by atoms with Crippen LogP contribution in [0, 0.1) is 0 Å². The van der Waals surface area contributed by atoms with E-state index in [1.165, 1.54) is 0 Å². The van der Waals surface area contributed by atoms with Gasteiger partial charge in [-0.05, 0) is 18.6 Å². The van der Waals surface area contributed by atoms with Crippen LogP contribution in [-0.2, 0) is 0 Å². The molecule has 4 heterocycles. The van der Waals surface area contributed by atoms with Crippen LogP contribution < -0.4 is 0 Å². The van der Waals surface area contributed by atoms with Crippen molar-refractivity contribution in [2.75, 3.05) is 13.1 Å². The lowest BCUT2D eigenvalue weighted by atomic mass is 10.2. The number of pyridine rings is 1. The van der Waals surface area contributed by atoms with Gasteiger partial charge in [0.25, 0.3) is 5.91 Å². The molecule has 0 bridgehead atoms. The Kier molecular flexibility index (Phi) is 3.34. The Morgan fingerprint density at radius 2 is 2.13 bits per heavy atom. The van der Waals surface area contributed by atoms with Crippen LogP contribution in [0.25, 0.3) is 11.3 Å². The van der Waals surface area contributed by atoms with E-state index in [4.69, 9.17) is 4.52 Å². The van der Waals surface area contributed by atoms with Crippen molar-refractivity contribution < 1.29 is 9.32 Å². The summed E-state index contributed by atoms with van der Waals surface area (Å²) in [6.45, 7) is 1.22. The molecule has 1 saturated heterocycles. The van der Waals surface area contributed by atoms with Crippen LogP contribution in [0.15, 0.2) is 47.5 Å². The van der Waals surface area contributed by atoms with Crippen molar-refractivity contribution in [3.05, 3.63) is 48.7 Å². The number of nitrogens with zero attached hydrogens (tertiary/aromatic N) is 6. The van der Waals surface area contributed by atoms with E-state index in [-0.39, 0.29) is 11.9 Å². The molecule has 1 aliphatic rings. The normalized spacial score (nSPS) is 17.6. The molecule has 0 radical (unpaired) electrons. The van der Waals surface area contributed by atoms with Crippen molar-refractivity contribution in [2.45, 2.75) is 12.5 Å². The molecule has 1 aliphatic heterocycles. The molecule has 0 N–H and O–H groups in total. The fourth-order valence-corrected chi connectivity index (χ4v) is 2.71. The first-order valence-corrected chi connectivity index (χ1v) is 7.33. The zero-order chi connectivity index (χ0) is 15.6. The Labute approximate surface area is 131 Å². The van der Waals surface area contributed by atoms with Crippen LogP contribution in [0.4, 0.5) is 0 Å². The highest BCUT2D eigenvalue weighted by atomic mass is 16.5. The molecular weight excluding hydrogens is 296 g/mol. The Morgan fingerprint density at radius 3 is 2.91 bits per heavy atom. The van der Waals surface area contributed by atoms with E-state index in [2.05, 4.69) is 20.3 Å². The lowest BCUT2D eigenvalue weighted by Crippen LogP contribution is -2.29. The van der Waals surface area contributed by atoms with Crippen LogP contribution in [-0.4, -0.2) is 49.0 Å². The molecule has 3 aromatic heterocycles. The van der Waals surface area contributed by atoms with E-state index >= 15 is 0 Å². The van der Waals surface area contributed by atoms with Crippen LogP contribution in [0.1, 0.15) is 23.0 Å². The van der Waals surface area contributed by atoms with Gasteiger partial charge in [0.15, 0.2) is 11.5 Å². The van der Waals surface area contributed by atoms with Gasteiger partial charge in [0, 0.05) is 37.1 Å². The number of amides is 1. The molecule has 0 aromatic carbocycles. The lowest BCUT2D eigenvalue weighted by molar-refractivity contribution is 0.0776. The summed E-state index contributed by atoms with van der Waals surface area (Å²) in [7, 11) is 0. The predicted octanol–water partition coefficient (Wildman–Crippen LogP) is 1.42. The number of hydrogen-bond acceptors (Lipinski definition) is 6. The zero-order valence-corrected chi connectivity index (χ0v) is 12.2. The summed E-state index contributed by atoms with van der Waals surface area (Å²) in [6, 6.07) is 5.43. The smallest absolute Gasteiger partial charge is 0.276 e. The Balaban J connectivity index is 1.49. The monoisotopic (exact) mass is 310 g/mol. The quantitative estimate of drug-likeness (QED) is 0.726. The van der Waals surface area contributed by atoms with Crippen molar-refractivity contribution in [1.82, 2.24) is 30.0 Å². The summed E-state index contributed by atoms with van der Waals surface area (Å²) >= 11 is 0. The van der Waals surface area contributed by atoms with Crippen molar-refractivity contribution >= 4 is 5.91 Å². The van der Waals surface area contributed by atoms with E-state index in [1.54, 1.807) is 40.6 Å². The Hall–Kier alpha value is -3.03. The third-order valence-corrected chi connectivity index (χ3v) is 3.89. The summed E-state index contributed by atoms with van der Waals surface area (Å²) in [4.78, 5) is 20.0. The molecule has 0 spiro atoms. The minimum atomic E-state index is -0.140. The average Bonchev–Trinajstić information content (AvgIpc) is 3.35. The minimum Gasteiger partial charge on any atom is -0.355 e. The summed E-state index contributed by atoms with van der Waals surface area (Å²) in [5.41, 5.74) is 1.09. The van der Waals surface area contributed by atoms with Gasteiger partial charge in [-0.25, -0.2) is 0 Å². The van der Waals surface area contributed by atoms with Gasteiger partial charge in [-0.1, -0.05) is 5.16 Å².